The first kappa shape index (κ1) is 16.5. The molecule has 132 valence electrons. The summed E-state index contributed by atoms with van der Waals surface area (Å²) in [4.78, 5) is 0. The molecule has 1 atom stereocenters. The number of halogens is 2. The standard InChI is InChI=1S/C21H19F2N3/c1-13-10-18(25-16-6-2-14(22)3-7-16)21(20-12-24-20)19(11-13)26-17-8-4-15(23)5-9-17/h2-11,20,24-26H,12H2,1H3. The fourth-order valence-electron chi connectivity index (χ4n) is 3.02. The predicted molar refractivity (Wildman–Crippen MR) is 101 cm³/mol. The molecule has 0 aliphatic carbocycles. The fourth-order valence-corrected chi connectivity index (χ4v) is 3.02. The van der Waals surface area contributed by atoms with Crippen LogP contribution in [0.5, 0.6) is 0 Å². The Morgan fingerprint density at radius 1 is 0.808 bits per heavy atom. The molecule has 1 heterocycles. The van der Waals surface area contributed by atoms with Gasteiger partial charge in [-0.3, -0.25) is 0 Å². The third-order valence-electron chi connectivity index (χ3n) is 4.33. The molecule has 1 unspecified atom stereocenters. The summed E-state index contributed by atoms with van der Waals surface area (Å²) in [6.45, 7) is 2.93. The molecule has 3 N–H and O–H groups in total. The number of benzene rings is 3. The van der Waals surface area contributed by atoms with E-state index >= 15 is 0 Å². The topological polar surface area (TPSA) is 46.0 Å². The zero-order chi connectivity index (χ0) is 18.1. The largest absolute Gasteiger partial charge is 0.355 e. The van der Waals surface area contributed by atoms with Crippen molar-refractivity contribution in [3.63, 3.8) is 0 Å². The van der Waals surface area contributed by atoms with E-state index < -0.39 is 0 Å². The summed E-state index contributed by atoms with van der Waals surface area (Å²) in [6.07, 6.45) is 0. The van der Waals surface area contributed by atoms with Gasteiger partial charge in [-0.2, -0.15) is 0 Å². The monoisotopic (exact) mass is 351 g/mol. The number of nitrogens with one attached hydrogen (secondary N) is 3. The van der Waals surface area contributed by atoms with Crippen molar-refractivity contribution < 1.29 is 8.78 Å². The van der Waals surface area contributed by atoms with Crippen molar-refractivity contribution in [1.29, 1.82) is 0 Å². The van der Waals surface area contributed by atoms with Crippen LogP contribution in [0, 0.1) is 18.6 Å². The van der Waals surface area contributed by atoms with Crippen LogP contribution in [0.1, 0.15) is 17.2 Å². The minimum atomic E-state index is -0.262. The van der Waals surface area contributed by atoms with E-state index in [0.29, 0.717) is 0 Å². The lowest BCUT2D eigenvalue weighted by Gasteiger charge is -2.18. The highest BCUT2D eigenvalue weighted by molar-refractivity contribution is 5.77. The van der Waals surface area contributed by atoms with Gasteiger partial charge < -0.3 is 16.0 Å². The van der Waals surface area contributed by atoms with Crippen LogP contribution < -0.4 is 16.0 Å². The van der Waals surface area contributed by atoms with Crippen LogP contribution in [0.15, 0.2) is 60.7 Å². The highest BCUT2D eigenvalue weighted by Crippen LogP contribution is 2.39. The molecule has 0 amide bonds. The van der Waals surface area contributed by atoms with Crippen molar-refractivity contribution >= 4 is 22.7 Å². The Morgan fingerprint density at radius 2 is 1.23 bits per heavy atom. The molecular formula is C21H19F2N3. The second kappa shape index (κ2) is 6.77. The average Bonchev–Trinajstić information content (AvgIpc) is 3.43. The lowest BCUT2D eigenvalue weighted by atomic mass is 10.0. The van der Waals surface area contributed by atoms with Crippen LogP contribution in [-0.4, -0.2) is 6.54 Å². The van der Waals surface area contributed by atoms with Crippen LogP contribution in [0.2, 0.25) is 0 Å². The minimum absolute atomic E-state index is 0.251. The third-order valence-corrected chi connectivity index (χ3v) is 4.33. The van der Waals surface area contributed by atoms with E-state index in [1.807, 2.05) is 6.92 Å². The molecule has 1 aliphatic rings. The molecule has 3 nitrogen and oxygen atoms in total. The first-order valence-electron chi connectivity index (χ1n) is 8.51. The number of rotatable bonds is 5. The first-order chi connectivity index (χ1) is 12.6. The molecule has 0 spiro atoms. The summed E-state index contributed by atoms with van der Waals surface area (Å²) >= 11 is 0. The molecule has 0 bridgehead atoms. The van der Waals surface area contributed by atoms with E-state index in [2.05, 4.69) is 28.1 Å². The van der Waals surface area contributed by atoms with Crippen molar-refractivity contribution in [2.24, 2.45) is 0 Å². The lowest BCUT2D eigenvalue weighted by molar-refractivity contribution is 0.627. The fraction of sp³-hybridized carbons (Fsp3) is 0.143. The number of hydrogen-bond donors (Lipinski definition) is 3. The molecule has 4 rings (SSSR count). The summed E-state index contributed by atoms with van der Waals surface area (Å²) in [6, 6.07) is 17.0. The summed E-state index contributed by atoms with van der Waals surface area (Å²) < 4.78 is 26.3. The van der Waals surface area contributed by atoms with Crippen molar-refractivity contribution in [1.82, 2.24) is 5.32 Å². The third kappa shape index (κ3) is 3.68. The average molecular weight is 351 g/mol. The van der Waals surface area contributed by atoms with Crippen molar-refractivity contribution in [3.05, 3.63) is 83.4 Å². The quantitative estimate of drug-likeness (QED) is 0.539. The molecule has 1 aliphatic heterocycles. The summed E-state index contributed by atoms with van der Waals surface area (Å²) in [7, 11) is 0. The van der Waals surface area contributed by atoms with Gasteiger partial charge in [-0.05, 0) is 73.2 Å². The maximum Gasteiger partial charge on any atom is 0.123 e. The molecule has 3 aromatic carbocycles. The maximum atomic E-state index is 13.2. The van der Waals surface area contributed by atoms with Crippen LogP contribution in [-0.2, 0) is 0 Å². The molecule has 1 saturated heterocycles. The highest BCUT2D eigenvalue weighted by atomic mass is 19.1. The van der Waals surface area contributed by atoms with Gasteiger partial charge in [0.05, 0.1) is 0 Å². The van der Waals surface area contributed by atoms with Gasteiger partial charge in [0.2, 0.25) is 0 Å². The van der Waals surface area contributed by atoms with E-state index in [4.69, 9.17) is 0 Å². The molecule has 0 aromatic heterocycles. The van der Waals surface area contributed by atoms with Crippen LogP contribution >= 0.6 is 0 Å². The molecule has 1 fully saturated rings. The van der Waals surface area contributed by atoms with Gasteiger partial charge in [0.25, 0.3) is 0 Å². The molecule has 5 heteroatoms. The normalized spacial score (nSPS) is 15.6. The highest BCUT2D eigenvalue weighted by Gasteiger charge is 2.28. The Morgan fingerprint density at radius 3 is 1.62 bits per heavy atom. The Balaban J connectivity index is 1.70. The Hall–Kier alpha value is -2.92. The molecule has 3 aromatic rings. The summed E-state index contributed by atoms with van der Waals surface area (Å²) in [5, 5.41) is 10.1. The van der Waals surface area contributed by atoms with Crippen molar-refractivity contribution in [2.75, 3.05) is 17.2 Å². The Bertz CT molecular complexity index is 848. The van der Waals surface area contributed by atoms with Crippen LogP contribution in [0.4, 0.5) is 31.5 Å². The van der Waals surface area contributed by atoms with Gasteiger partial charge in [-0.1, -0.05) is 0 Å². The summed E-state index contributed by atoms with van der Waals surface area (Å²) in [5.41, 5.74) is 5.79. The van der Waals surface area contributed by atoms with E-state index in [9.17, 15) is 8.78 Å². The molecule has 0 saturated carbocycles. The molecule has 0 radical (unpaired) electrons. The van der Waals surface area contributed by atoms with Gasteiger partial charge in [-0.25, -0.2) is 8.78 Å². The van der Waals surface area contributed by atoms with E-state index in [0.717, 1.165) is 40.4 Å². The van der Waals surface area contributed by atoms with E-state index in [-0.39, 0.29) is 17.7 Å². The zero-order valence-corrected chi connectivity index (χ0v) is 14.3. The van der Waals surface area contributed by atoms with Crippen molar-refractivity contribution in [2.45, 2.75) is 13.0 Å². The smallest absolute Gasteiger partial charge is 0.123 e. The molecule has 26 heavy (non-hydrogen) atoms. The first-order valence-corrected chi connectivity index (χ1v) is 8.51. The number of hydrogen-bond acceptors (Lipinski definition) is 3. The lowest BCUT2D eigenvalue weighted by Crippen LogP contribution is -2.03. The van der Waals surface area contributed by atoms with Gasteiger partial charge in [0.1, 0.15) is 11.6 Å². The molecular weight excluding hydrogens is 332 g/mol. The van der Waals surface area contributed by atoms with Gasteiger partial charge in [-0.15, -0.1) is 0 Å². The van der Waals surface area contributed by atoms with Crippen molar-refractivity contribution in [3.8, 4) is 0 Å². The zero-order valence-electron chi connectivity index (χ0n) is 14.3. The minimum Gasteiger partial charge on any atom is -0.355 e. The van der Waals surface area contributed by atoms with Gasteiger partial charge in [0, 0.05) is 40.9 Å². The Labute approximate surface area is 151 Å². The second-order valence-electron chi connectivity index (χ2n) is 6.50. The van der Waals surface area contributed by atoms with Crippen LogP contribution in [0.3, 0.4) is 0 Å². The van der Waals surface area contributed by atoms with Gasteiger partial charge in [0.15, 0.2) is 0 Å². The van der Waals surface area contributed by atoms with Gasteiger partial charge >= 0.3 is 0 Å². The predicted octanol–water partition coefficient (Wildman–Crippen LogP) is 5.40. The summed E-state index contributed by atoms with van der Waals surface area (Å²) in [5.74, 6) is -0.523. The SMILES string of the molecule is Cc1cc(Nc2ccc(F)cc2)c(C2CN2)c(Nc2ccc(F)cc2)c1. The van der Waals surface area contributed by atoms with E-state index in [1.54, 1.807) is 24.3 Å². The van der Waals surface area contributed by atoms with Crippen LogP contribution in [0.25, 0.3) is 0 Å². The second-order valence-corrected chi connectivity index (χ2v) is 6.50. The Kier molecular flexibility index (Phi) is 4.31. The maximum absolute atomic E-state index is 13.2. The number of anilines is 4. The van der Waals surface area contributed by atoms with E-state index in [1.165, 1.54) is 24.3 Å². The number of aryl methyl sites for hydroxylation is 1.